The summed E-state index contributed by atoms with van der Waals surface area (Å²) in [6, 6.07) is 0. The lowest BCUT2D eigenvalue weighted by molar-refractivity contribution is -0.362. The van der Waals surface area contributed by atoms with Crippen molar-refractivity contribution in [1.82, 2.24) is 10.4 Å². The summed E-state index contributed by atoms with van der Waals surface area (Å²) >= 11 is 0. The molecule has 0 aliphatic carbocycles. The number of methoxy groups -OCH3 is 1. The highest BCUT2D eigenvalue weighted by Crippen LogP contribution is 2.53. The van der Waals surface area contributed by atoms with Gasteiger partial charge in [-0.1, -0.05) is 5.16 Å². The molecule has 13 nitrogen and oxygen atoms in total. The lowest BCUT2D eigenvalue weighted by Crippen LogP contribution is -2.51. The first-order chi connectivity index (χ1) is 15.3. The van der Waals surface area contributed by atoms with Gasteiger partial charge in [-0.15, -0.1) is 0 Å². The van der Waals surface area contributed by atoms with E-state index in [4.69, 9.17) is 33.1 Å². The molecule has 1 aromatic rings. The van der Waals surface area contributed by atoms with Gasteiger partial charge in [0.1, 0.15) is 6.26 Å². The number of carbonyl (C=O) groups is 4. The van der Waals surface area contributed by atoms with Crippen molar-refractivity contribution in [3.8, 4) is 0 Å². The summed E-state index contributed by atoms with van der Waals surface area (Å²) in [5, 5.41) is 4.43. The Bertz CT molecular complexity index is 884. The maximum absolute atomic E-state index is 13.2. The molecule has 0 radical (unpaired) electrons. The molecule has 13 heteroatoms. The predicted molar refractivity (Wildman–Crippen MR) is 99.4 cm³/mol. The van der Waals surface area contributed by atoms with E-state index in [1.807, 2.05) is 0 Å². The van der Waals surface area contributed by atoms with Gasteiger partial charge in [0.15, 0.2) is 23.4 Å². The second kappa shape index (κ2) is 9.63. The molecule has 32 heavy (non-hydrogen) atoms. The molecule has 2 aliphatic rings. The normalized spacial score (nSPS) is 26.9. The topological polar surface area (TPSA) is 153 Å². The average Bonchev–Trinajstić information content (AvgIpc) is 3.45. The Hall–Kier alpha value is -3.03. The summed E-state index contributed by atoms with van der Waals surface area (Å²) in [4.78, 5) is 61.7. The molecule has 176 valence electrons. The lowest BCUT2D eigenvalue weighted by atomic mass is 9.74. The van der Waals surface area contributed by atoms with Gasteiger partial charge in [-0.25, -0.2) is 19.2 Å². The smallest absolute Gasteiger partial charge is 0.360 e. The lowest BCUT2D eigenvalue weighted by Gasteiger charge is -2.29. The minimum atomic E-state index is -1.85. The summed E-state index contributed by atoms with van der Waals surface area (Å²) in [7, 11) is 1.16. The van der Waals surface area contributed by atoms with E-state index in [9.17, 15) is 19.2 Å². The van der Waals surface area contributed by atoms with Crippen molar-refractivity contribution in [3.05, 3.63) is 17.5 Å². The Labute approximate surface area is 182 Å². The van der Waals surface area contributed by atoms with Crippen LogP contribution in [0.5, 0.6) is 0 Å². The maximum Gasteiger partial charge on any atom is 0.360 e. The van der Waals surface area contributed by atoms with Crippen molar-refractivity contribution in [2.45, 2.75) is 50.9 Å². The SMILES string of the molecule is CCOC(=O)c1nocc1[C@@H]1[C@H](C(=O)OCC)ON2O[C@H](C(=O)OC)C[C@]12C(=O)OCC. The van der Waals surface area contributed by atoms with Crippen molar-refractivity contribution in [1.29, 1.82) is 0 Å². The van der Waals surface area contributed by atoms with Crippen molar-refractivity contribution >= 4 is 23.9 Å². The molecule has 2 fully saturated rings. The molecule has 0 N–H and O–H groups in total. The van der Waals surface area contributed by atoms with Gasteiger partial charge in [0.25, 0.3) is 0 Å². The number of ether oxygens (including phenoxy) is 4. The number of hydrogen-bond acceptors (Lipinski definition) is 13. The quantitative estimate of drug-likeness (QED) is 0.389. The first kappa shape index (κ1) is 23.6. The fourth-order valence-electron chi connectivity index (χ4n) is 3.82. The van der Waals surface area contributed by atoms with Crippen molar-refractivity contribution < 1.29 is 52.3 Å². The van der Waals surface area contributed by atoms with Crippen LogP contribution in [0.25, 0.3) is 0 Å². The zero-order chi connectivity index (χ0) is 23.5. The molecule has 4 atom stereocenters. The van der Waals surface area contributed by atoms with Crippen LogP contribution in [0.15, 0.2) is 10.8 Å². The molecule has 1 aromatic heterocycles. The third-order valence-electron chi connectivity index (χ3n) is 5.08. The van der Waals surface area contributed by atoms with Gasteiger partial charge >= 0.3 is 23.9 Å². The molecule has 0 spiro atoms. The molecular formula is C19H24N2O11. The number of nitrogens with zero attached hydrogens (tertiary/aromatic N) is 2. The van der Waals surface area contributed by atoms with Gasteiger partial charge in [0, 0.05) is 12.0 Å². The minimum absolute atomic E-state index is 0.0114. The Morgan fingerprint density at radius 2 is 1.75 bits per heavy atom. The monoisotopic (exact) mass is 456 g/mol. The molecule has 3 rings (SSSR count). The Balaban J connectivity index is 2.16. The van der Waals surface area contributed by atoms with Crippen LogP contribution in [0.3, 0.4) is 0 Å². The molecule has 2 aliphatic heterocycles. The number of carbonyl (C=O) groups excluding carboxylic acids is 4. The van der Waals surface area contributed by atoms with E-state index < -0.39 is 47.5 Å². The summed E-state index contributed by atoms with van der Waals surface area (Å²) in [6.45, 7) is 4.85. The first-order valence-electron chi connectivity index (χ1n) is 10.0. The van der Waals surface area contributed by atoms with Gasteiger partial charge in [-0.2, -0.15) is 0 Å². The van der Waals surface area contributed by atoms with Gasteiger partial charge < -0.3 is 23.5 Å². The third kappa shape index (κ3) is 3.82. The fraction of sp³-hybridized carbons (Fsp3) is 0.632. The number of hydroxylamine groups is 2. The van der Waals surface area contributed by atoms with E-state index in [1.165, 1.54) is 0 Å². The molecule has 0 aromatic carbocycles. The number of fused-ring (bicyclic) bond motifs is 1. The number of hydrogen-bond donors (Lipinski definition) is 0. The van der Waals surface area contributed by atoms with Crippen LogP contribution in [0.2, 0.25) is 0 Å². The number of esters is 4. The van der Waals surface area contributed by atoms with E-state index in [2.05, 4.69) is 5.16 Å². The second-order valence-corrected chi connectivity index (χ2v) is 6.82. The molecule has 0 unspecified atom stereocenters. The van der Waals surface area contributed by atoms with Gasteiger partial charge in [0.2, 0.25) is 0 Å². The standard InChI is InChI=1S/C19H24N2O11/c1-5-27-16(23)13-10(9-30-20-13)12-14(17(24)28-6-2)32-21-19(12,18(25)29-7-3)8-11(31-21)15(22)26-4/h9,11-12,14H,5-8H2,1-4H3/t11-,12+,14+,19+/m0/s1. The second-order valence-electron chi connectivity index (χ2n) is 6.82. The predicted octanol–water partition coefficient (Wildman–Crippen LogP) is 0.293. The number of rotatable bonds is 8. The molecule has 0 saturated carbocycles. The highest BCUT2D eigenvalue weighted by Gasteiger charge is 2.71. The van der Waals surface area contributed by atoms with Crippen molar-refractivity contribution in [3.63, 3.8) is 0 Å². The highest BCUT2D eigenvalue weighted by molar-refractivity contribution is 5.92. The van der Waals surface area contributed by atoms with Crippen LogP contribution in [0.1, 0.15) is 49.2 Å². The largest absolute Gasteiger partial charge is 0.467 e. The minimum Gasteiger partial charge on any atom is -0.467 e. The third-order valence-corrected chi connectivity index (χ3v) is 5.08. The van der Waals surface area contributed by atoms with Crippen molar-refractivity contribution in [2.24, 2.45) is 0 Å². The summed E-state index contributed by atoms with van der Waals surface area (Å²) in [5.41, 5.74) is -2.08. The zero-order valence-corrected chi connectivity index (χ0v) is 18.0. The molecule has 0 amide bonds. The first-order valence-corrected chi connectivity index (χ1v) is 10.0. The molecular weight excluding hydrogens is 432 g/mol. The van der Waals surface area contributed by atoms with Gasteiger partial charge in [-0.3, -0.25) is 9.68 Å². The van der Waals surface area contributed by atoms with Crippen LogP contribution in [-0.4, -0.2) is 78.9 Å². The van der Waals surface area contributed by atoms with Crippen LogP contribution in [-0.2, 0) is 43.0 Å². The summed E-state index contributed by atoms with van der Waals surface area (Å²) in [6.07, 6.45) is -1.87. The van der Waals surface area contributed by atoms with E-state index in [1.54, 1.807) is 20.8 Å². The summed E-state index contributed by atoms with van der Waals surface area (Å²) < 4.78 is 25.0. The van der Waals surface area contributed by atoms with Crippen LogP contribution in [0, 0.1) is 0 Å². The van der Waals surface area contributed by atoms with Crippen molar-refractivity contribution in [2.75, 3.05) is 26.9 Å². The fourth-order valence-corrected chi connectivity index (χ4v) is 3.82. The Morgan fingerprint density at radius 3 is 2.38 bits per heavy atom. The maximum atomic E-state index is 13.2. The van der Waals surface area contributed by atoms with E-state index in [0.717, 1.165) is 18.6 Å². The van der Waals surface area contributed by atoms with Crippen LogP contribution in [0.4, 0.5) is 0 Å². The molecule has 0 bridgehead atoms. The number of aromatic nitrogens is 1. The Kier molecular flexibility index (Phi) is 7.11. The molecule has 3 heterocycles. The summed E-state index contributed by atoms with van der Waals surface area (Å²) in [5.74, 6) is -4.53. The average molecular weight is 456 g/mol. The van der Waals surface area contributed by atoms with Gasteiger partial charge in [-0.05, 0) is 26.0 Å². The molecule has 2 saturated heterocycles. The van der Waals surface area contributed by atoms with Crippen LogP contribution >= 0.6 is 0 Å². The highest BCUT2D eigenvalue weighted by atomic mass is 17.0. The van der Waals surface area contributed by atoms with E-state index >= 15 is 0 Å². The zero-order valence-electron chi connectivity index (χ0n) is 18.0. The van der Waals surface area contributed by atoms with Crippen LogP contribution < -0.4 is 0 Å². The van der Waals surface area contributed by atoms with E-state index in [-0.39, 0.29) is 37.5 Å². The Morgan fingerprint density at radius 1 is 1.06 bits per heavy atom. The van der Waals surface area contributed by atoms with Gasteiger partial charge in [0.05, 0.1) is 32.8 Å². The van der Waals surface area contributed by atoms with E-state index in [0.29, 0.717) is 0 Å².